The number of fused-ring (bicyclic) bond motifs is 1. The van der Waals surface area contributed by atoms with Crippen LogP contribution in [0.2, 0.25) is 0 Å². The van der Waals surface area contributed by atoms with Gasteiger partial charge in [0.1, 0.15) is 17.2 Å². The minimum atomic E-state index is -0.240. The predicted octanol–water partition coefficient (Wildman–Crippen LogP) is 4.19. The van der Waals surface area contributed by atoms with Gasteiger partial charge < -0.3 is 0 Å². The number of thioether (sulfide) groups is 1. The third-order valence-corrected chi connectivity index (χ3v) is 6.08. The molecule has 0 spiro atoms. The minimum Gasteiger partial charge on any atom is -0.235 e. The van der Waals surface area contributed by atoms with Crippen molar-refractivity contribution >= 4 is 33.3 Å². The molecule has 0 amide bonds. The molecule has 0 unspecified atom stereocenters. The summed E-state index contributed by atoms with van der Waals surface area (Å²) in [5.41, 5.74) is 1.86. The van der Waals surface area contributed by atoms with Crippen LogP contribution in [0, 0.1) is 5.82 Å². The first kappa shape index (κ1) is 17.0. The molecule has 4 rings (SSSR count). The van der Waals surface area contributed by atoms with Gasteiger partial charge >= 0.3 is 0 Å². The smallest absolute Gasteiger partial charge is 0.161 e. The van der Waals surface area contributed by atoms with E-state index in [0.29, 0.717) is 5.75 Å². The third-order valence-electron chi connectivity index (χ3n) is 3.79. The first-order valence-electron chi connectivity index (χ1n) is 8.13. The van der Waals surface area contributed by atoms with Crippen LogP contribution in [0.5, 0.6) is 0 Å². The van der Waals surface area contributed by atoms with Gasteiger partial charge in [0.2, 0.25) is 0 Å². The molecule has 0 saturated heterocycles. The van der Waals surface area contributed by atoms with Crippen LogP contribution in [0.25, 0.3) is 20.7 Å². The molecule has 0 saturated carbocycles. The van der Waals surface area contributed by atoms with Crippen molar-refractivity contribution in [3.8, 4) is 10.4 Å². The highest BCUT2D eigenvalue weighted by Crippen LogP contribution is 2.37. The van der Waals surface area contributed by atoms with Crippen LogP contribution in [0.1, 0.15) is 19.2 Å². The fourth-order valence-corrected chi connectivity index (χ4v) is 4.67. The zero-order chi connectivity index (χ0) is 17.9. The lowest BCUT2D eigenvalue weighted by atomic mass is 10.2. The van der Waals surface area contributed by atoms with Crippen molar-refractivity contribution in [2.24, 2.45) is 0 Å². The predicted molar refractivity (Wildman–Crippen MR) is 100 cm³/mol. The van der Waals surface area contributed by atoms with Crippen molar-refractivity contribution < 1.29 is 4.39 Å². The van der Waals surface area contributed by atoms with E-state index in [1.54, 1.807) is 41.6 Å². The molecule has 3 aromatic heterocycles. The molecule has 1 aromatic carbocycles. The number of aryl methyl sites for hydroxylation is 1. The average Bonchev–Trinajstić information content (AvgIpc) is 3.28. The molecule has 0 aliphatic heterocycles. The van der Waals surface area contributed by atoms with E-state index in [1.165, 1.54) is 12.1 Å². The summed E-state index contributed by atoms with van der Waals surface area (Å²) in [7, 11) is 0. The SMILES string of the molecule is CCCn1nnnc1CSc1ncnc2cc(-c3ccc(F)cc3)sc12. The number of benzene rings is 1. The molecule has 26 heavy (non-hydrogen) atoms. The summed E-state index contributed by atoms with van der Waals surface area (Å²) < 4.78 is 16.0. The normalized spacial score (nSPS) is 11.3. The van der Waals surface area contributed by atoms with Crippen LogP contribution in [0.15, 0.2) is 41.7 Å². The summed E-state index contributed by atoms with van der Waals surface area (Å²) in [5, 5.41) is 12.8. The summed E-state index contributed by atoms with van der Waals surface area (Å²) in [4.78, 5) is 9.83. The lowest BCUT2D eigenvalue weighted by Crippen LogP contribution is -2.04. The highest BCUT2D eigenvalue weighted by molar-refractivity contribution is 7.98. The summed E-state index contributed by atoms with van der Waals surface area (Å²) >= 11 is 3.20. The number of nitrogens with zero attached hydrogens (tertiary/aromatic N) is 6. The summed E-state index contributed by atoms with van der Waals surface area (Å²) in [6, 6.07) is 8.50. The molecule has 9 heteroatoms. The number of thiophene rings is 1. The van der Waals surface area contributed by atoms with Crippen LogP contribution in [0.3, 0.4) is 0 Å². The van der Waals surface area contributed by atoms with Crippen LogP contribution >= 0.6 is 23.1 Å². The van der Waals surface area contributed by atoms with E-state index in [1.807, 2.05) is 10.7 Å². The van der Waals surface area contributed by atoms with E-state index in [-0.39, 0.29) is 5.82 Å². The standard InChI is InChI=1S/C17H15FN6S2/c1-2-7-24-15(21-22-23-24)9-25-17-16-13(19-10-20-17)8-14(26-16)11-3-5-12(18)6-4-11/h3-6,8,10H,2,7,9H2,1H3. The van der Waals surface area contributed by atoms with Crippen molar-refractivity contribution in [3.63, 3.8) is 0 Å². The molecule has 132 valence electrons. The molecular formula is C17H15FN6S2. The van der Waals surface area contributed by atoms with Gasteiger partial charge in [0.05, 0.1) is 16.0 Å². The van der Waals surface area contributed by atoms with Crippen molar-refractivity contribution in [2.75, 3.05) is 0 Å². The maximum Gasteiger partial charge on any atom is 0.161 e. The molecule has 0 aliphatic rings. The number of hydrogen-bond donors (Lipinski definition) is 0. The fraction of sp³-hybridized carbons (Fsp3) is 0.235. The van der Waals surface area contributed by atoms with Gasteiger partial charge in [0.25, 0.3) is 0 Å². The Balaban J connectivity index is 1.61. The average molecular weight is 386 g/mol. The Labute approximate surface area is 157 Å². The third kappa shape index (κ3) is 3.45. The molecule has 4 aromatic rings. The Morgan fingerprint density at radius 1 is 1.19 bits per heavy atom. The van der Waals surface area contributed by atoms with Gasteiger partial charge in [0, 0.05) is 11.4 Å². The quantitative estimate of drug-likeness (QED) is 0.366. The second kappa shape index (κ2) is 7.46. The molecule has 6 nitrogen and oxygen atoms in total. The Bertz CT molecular complexity index is 1030. The lowest BCUT2D eigenvalue weighted by molar-refractivity contribution is 0.564. The second-order valence-electron chi connectivity index (χ2n) is 5.62. The summed E-state index contributed by atoms with van der Waals surface area (Å²) in [6.45, 7) is 2.89. The topological polar surface area (TPSA) is 69.4 Å². The number of aromatic nitrogens is 6. The van der Waals surface area contributed by atoms with Gasteiger partial charge in [-0.15, -0.1) is 16.4 Å². The first-order valence-corrected chi connectivity index (χ1v) is 9.93. The largest absolute Gasteiger partial charge is 0.235 e. The number of hydrogen-bond acceptors (Lipinski definition) is 7. The Hall–Kier alpha value is -2.39. The lowest BCUT2D eigenvalue weighted by Gasteiger charge is -2.03. The molecule has 0 atom stereocenters. The van der Waals surface area contributed by atoms with E-state index >= 15 is 0 Å². The van der Waals surface area contributed by atoms with E-state index in [9.17, 15) is 4.39 Å². The van der Waals surface area contributed by atoms with E-state index < -0.39 is 0 Å². The number of tetrazole rings is 1. The van der Waals surface area contributed by atoms with Gasteiger partial charge in [-0.2, -0.15) is 0 Å². The zero-order valence-electron chi connectivity index (χ0n) is 14.0. The molecule has 0 N–H and O–H groups in total. The van der Waals surface area contributed by atoms with Gasteiger partial charge in [-0.25, -0.2) is 19.0 Å². The molecule has 0 fully saturated rings. The van der Waals surface area contributed by atoms with Gasteiger partial charge in [-0.3, -0.25) is 0 Å². The van der Waals surface area contributed by atoms with Gasteiger partial charge in [-0.1, -0.05) is 30.8 Å². The zero-order valence-corrected chi connectivity index (χ0v) is 15.6. The van der Waals surface area contributed by atoms with E-state index in [4.69, 9.17) is 0 Å². The van der Waals surface area contributed by atoms with Crippen molar-refractivity contribution in [2.45, 2.75) is 30.7 Å². The van der Waals surface area contributed by atoms with Crippen molar-refractivity contribution in [1.29, 1.82) is 0 Å². The highest BCUT2D eigenvalue weighted by Gasteiger charge is 2.13. The summed E-state index contributed by atoms with van der Waals surface area (Å²) in [6.07, 6.45) is 2.55. The highest BCUT2D eigenvalue weighted by atomic mass is 32.2. The van der Waals surface area contributed by atoms with Crippen molar-refractivity contribution in [3.05, 3.63) is 48.3 Å². The molecule has 3 heterocycles. The first-order chi connectivity index (χ1) is 12.7. The molecule has 0 bridgehead atoms. The Kier molecular flexibility index (Phi) is 4.89. The maximum absolute atomic E-state index is 13.2. The molecular weight excluding hydrogens is 371 g/mol. The van der Waals surface area contributed by atoms with Crippen LogP contribution in [0.4, 0.5) is 4.39 Å². The minimum absolute atomic E-state index is 0.240. The van der Waals surface area contributed by atoms with Crippen LogP contribution in [-0.2, 0) is 12.3 Å². The van der Waals surface area contributed by atoms with Gasteiger partial charge in [-0.05, 0) is 40.6 Å². The van der Waals surface area contributed by atoms with Crippen LogP contribution < -0.4 is 0 Å². The fourth-order valence-electron chi connectivity index (χ4n) is 2.54. The molecule has 0 radical (unpaired) electrons. The Morgan fingerprint density at radius 3 is 2.85 bits per heavy atom. The molecule has 0 aliphatic carbocycles. The summed E-state index contributed by atoms with van der Waals surface area (Å²) in [5.74, 6) is 1.23. The monoisotopic (exact) mass is 386 g/mol. The number of rotatable bonds is 6. The van der Waals surface area contributed by atoms with Crippen LogP contribution in [-0.4, -0.2) is 30.2 Å². The van der Waals surface area contributed by atoms with E-state index in [2.05, 4.69) is 32.4 Å². The van der Waals surface area contributed by atoms with Crippen molar-refractivity contribution in [1.82, 2.24) is 30.2 Å². The maximum atomic E-state index is 13.2. The second-order valence-corrected chi connectivity index (χ2v) is 7.63. The van der Waals surface area contributed by atoms with Gasteiger partial charge in [0.15, 0.2) is 5.82 Å². The van der Waals surface area contributed by atoms with E-state index in [0.717, 1.165) is 44.5 Å². The number of halogens is 1. The Morgan fingerprint density at radius 2 is 2.04 bits per heavy atom.